The molecule has 0 atom stereocenters. The summed E-state index contributed by atoms with van der Waals surface area (Å²) in [6, 6.07) is 10.4. The fraction of sp³-hybridized carbons (Fsp3) is 0.125. The smallest absolute Gasteiger partial charge is 0.268 e. The zero-order valence-corrected chi connectivity index (χ0v) is 14.6. The molecule has 2 aromatic carbocycles. The SMILES string of the molecule is Cc1ccc(S(=O)(=O)n2ccc3c(N)c(C)cc(Br)c32)cc1. The fourth-order valence-corrected chi connectivity index (χ4v) is 4.67. The molecule has 0 fully saturated rings. The Labute approximate surface area is 137 Å². The summed E-state index contributed by atoms with van der Waals surface area (Å²) in [5, 5.41) is 0.725. The monoisotopic (exact) mass is 378 g/mol. The average molecular weight is 379 g/mol. The van der Waals surface area contributed by atoms with Gasteiger partial charge in [-0.3, -0.25) is 0 Å². The van der Waals surface area contributed by atoms with Crippen molar-refractivity contribution < 1.29 is 8.42 Å². The molecule has 22 heavy (non-hydrogen) atoms. The number of nitrogens with zero attached hydrogens (tertiary/aromatic N) is 1. The first-order valence-corrected chi connectivity index (χ1v) is 8.93. The van der Waals surface area contributed by atoms with E-state index in [1.165, 1.54) is 3.97 Å². The molecule has 1 aromatic heterocycles. The Morgan fingerprint density at radius 3 is 2.36 bits per heavy atom. The zero-order chi connectivity index (χ0) is 16.1. The van der Waals surface area contributed by atoms with Crippen molar-refractivity contribution in [3.63, 3.8) is 0 Å². The maximum Gasteiger partial charge on any atom is 0.268 e. The minimum absolute atomic E-state index is 0.252. The Hall–Kier alpha value is -1.79. The first kappa shape index (κ1) is 15.1. The number of nitrogens with two attached hydrogens (primary N) is 1. The number of benzene rings is 2. The summed E-state index contributed by atoms with van der Waals surface area (Å²) in [6.45, 7) is 3.81. The highest BCUT2D eigenvalue weighted by atomic mass is 79.9. The summed E-state index contributed by atoms with van der Waals surface area (Å²) in [4.78, 5) is 0.252. The van der Waals surface area contributed by atoms with Gasteiger partial charge in [0.15, 0.2) is 0 Å². The molecule has 0 amide bonds. The standard InChI is InChI=1S/C16H15BrN2O2S/c1-10-3-5-12(6-4-10)22(20,21)19-8-7-13-15(18)11(2)9-14(17)16(13)19/h3-9H,18H2,1-2H3. The van der Waals surface area contributed by atoms with Crippen molar-refractivity contribution in [2.24, 2.45) is 0 Å². The van der Waals surface area contributed by atoms with Gasteiger partial charge in [0.25, 0.3) is 10.0 Å². The highest BCUT2D eigenvalue weighted by Gasteiger charge is 2.21. The number of aromatic nitrogens is 1. The van der Waals surface area contributed by atoms with Crippen molar-refractivity contribution in [1.29, 1.82) is 0 Å². The summed E-state index contributed by atoms with van der Waals surface area (Å²) in [5.74, 6) is 0. The normalized spacial score (nSPS) is 12.0. The number of hydrogen-bond acceptors (Lipinski definition) is 3. The van der Waals surface area contributed by atoms with Gasteiger partial charge in [0.2, 0.25) is 0 Å². The maximum absolute atomic E-state index is 12.9. The molecule has 3 aromatic rings. The molecule has 0 saturated carbocycles. The lowest BCUT2D eigenvalue weighted by Gasteiger charge is -2.11. The number of fused-ring (bicyclic) bond motifs is 1. The Balaban J connectivity index is 2.31. The molecular weight excluding hydrogens is 364 g/mol. The minimum Gasteiger partial charge on any atom is -0.398 e. The Morgan fingerprint density at radius 2 is 1.73 bits per heavy atom. The second kappa shape index (κ2) is 5.14. The van der Waals surface area contributed by atoms with Crippen LogP contribution in [0.4, 0.5) is 5.69 Å². The molecule has 0 aliphatic carbocycles. The van der Waals surface area contributed by atoms with Crippen molar-refractivity contribution in [2.45, 2.75) is 18.7 Å². The molecule has 3 rings (SSSR count). The predicted molar refractivity (Wildman–Crippen MR) is 92.6 cm³/mol. The van der Waals surface area contributed by atoms with E-state index in [4.69, 9.17) is 5.73 Å². The van der Waals surface area contributed by atoms with Gasteiger partial charge in [-0.15, -0.1) is 0 Å². The van der Waals surface area contributed by atoms with E-state index in [1.54, 1.807) is 36.5 Å². The number of rotatable bonds is 2. The third-order valence-corrected chi connectivity index (χ3v) is 6.01. The number of halogens is 1. The topological polar surface area (TPSA) is 65.1 Å². The highest BCUT2D eigenvalue weighted by molar-refractivity contribution is 9.10. The quantitative estimate of drug-likeness (QED) is 0.688. The fourth-order valence-electron chi connectivity index (χ4n) is 2.44. The van der Waals surface area contributed by atoms with Gasteiger partial charge in [-0.05, 0) is 59.6 Å². The Bertz CT molecular complexity index is 974. The molecule has 0 radical (unpaired) electrons. The van der Waals surface area contributed by atoms with E-state index >= 15 is 0 Å². The van der Waals surface area contributed by atoms with Crippen molar-refractivity contribution in [3.05, 3.63) is 58.2 Å². The number of hydrogen-bond donors (Lipinski definition) is 1. The second-order valence-electron chi connectivity index (χ2n) is 5.28. The maximum atomic E-state index is 12.9. The van der Waals surface area contributed by atoms with Crippen LogP contribution in [0, 0.1) is 13.8 Å². The van der Waals surface area contributed by atoms with Crippen LogP contribution < -0.4 is 5.73 Å². The molecular formula is C16H15BrN2O2S. The lowest BCUT2D eigenvalue weighted by atomic mass is 10.1. The van der Waals surface area contributed by atoms with Gasteiger partial charge >= 0.3 is 0 Å². The van der Waals surface area contributed by atoms with Crippen LogP contribution in [0.1, 0.15) is 11.1 Å². The van der Waals surface area contributed by atoms with Crippen LogP contribution in [0.2, 0.25) is 0 Å². The van der Waals surface area contributed by atoms with Crippen molar-refractivity contribution in [2.75, 3.05) is 5.73 Å². The zero-order valence-electron chi connectivity index (χ0n) is 12.2. The van der Waals surface area contributed by atoms with Crippen molar-refractivity contribution >= 4 is 42.5 Å². The summed E-state index contributed by atoms with van der Waals surface area (Å²) in [6.07, 6.45) is 1.54. The van der Waals surface area contributed by atoms with E-state index in [0.29, 0.717) is 15.7 Å². The second-order valence-corrected chi connectivity index (χ2v) is 7.95. The average Bonchev–Trinajstić information content (AvgIpc) is 2.91. The molecule has 4 nitrogen and oxygen atoms in total. The van der Waals surface area contributed by atoms with Gasteiger partial charge in [-0.2, -0.15) is 0 Å². The lowest BCUT2D eigenvalue weighted by molar-refractivity contribution is 0.589. The molecule has 0 aliphatic heterocycles. The van der Waals surface area contributed by atoms with Crippen LogP contribution in [0.3, 0.4) is 0 Å². The van der Waals surface area contributed by atoms with Crippen LogP contribution in [0.15, 0.2) is 52.0 Å². The Morgan fingerprint density at radius 1 is 1.09 bits per heavy atom. The molecule has 0 saturated heterocycles. The lowest BCUT2D eigenvalue weighted by Crippen LogP contribution is -2.12. The molecule has 0 aliphatic rings. The van der Waals surface area contributed by atoms with E-state index < -0.39 is 10.0 Å². The summed E-state index contributed by atoms with van der Waals surface area (Å²) >= 11 is 3.45. The molecule has 0 unspecified atom stereocenters. The first-order chi connectivity index (χ1) is 10.3. The molecule has 2 N–H and O–H groups in total. The van der Waals surface area contributed by atoms with Crippen LogP contribution in [-0.2, 0) is 10.0 Å². The van der Waals surface area contributed by atoms with Gasteiger partial charge < -0.3 is 5.73 Å². The number of aryl methyl sites for hydroxylation is 2. The third kappa shape index (κ3) is 2.23. The van der Waals surface area contributed by atoms with Gasteiger partial charge in [-0.25, -0.2) is 12.4 Å². The van der Waals surface area contributed by atoms with E-state index in [-0.39, 0.29) is 4.90 Å². The third-order valence-electron chi connectivity index (χ3n) is 3.71. The van der Waals surface area contributed by atoms with E-state index in [0.717, 1.165) is 16.5 Å². The van der Waals surface area contributed by atoms with Gasteiger partial charge in [0.1, 0.15) is 0 Å². The summed E-state index contributed by atoms with van der Waals surface area (Å²) in [7, 11) is -3.66. The molecule has 0 spiro atoms. The molecule has 0 bridgehead atoms. The van der Waals surface area contributed by atoms with E-state index in [1.807, 2.05) is 19.9 Å². The van der Waals surface area contributed by atoms with Crippen molar-refractivity contribution in [3.8, 4) is 0 Å². The van der Waals surface area contributed by atoms with E-state index in [2.05, 4.69) is 15.9 Å². The molecule has 1 heterocycles. The van der Waals surface area contributed by atoms with E-state index in [9.17, 15) is 8.42 Å². The minimum atomic E-state index is -3.66. The number of nitrogen functional groups attached to an aromatic ring is 1. The van der Waals surface area contributed by atoms with Crippen LogP contribution in [-0.4, -0.2) is 12.4 Å². The Kier molecular flexibility index (Phi) is 3.53. The van der Waals surface area contributed by atoms with Gasteiger partial charge in [-0.1, -0.05) is 17.7 Å². The van der Waals surface area contributed by atoms with Crippen LogP contribution >= 0.6 is 15.9 Å². The molecule has 6 heteroatoms. The number of anilines is 1. The summed E-state index contributed by atoms with van der Waals surface area (Å²) in [5.41, 5.74) is 9.14. The van der Waals surface area contributed by atoms with Crippen molar-refractivity contribution in [1.82, 2.24) is 3.97 Å². The van der Waals surface area contributed by atoms with Crippen LogP contribution in [0.25, 0.3) is 10.9 Å². The largest absolute Gasteiger partial charge is 0.398 e. The summed E-state index contributed by atoms with van der Waals surface area (Å²) < 4.78 is 27.7. The molecule has 114 valence electrons. The predicted octanol–water partition coefficient (Wildman–Crippen LogP) is 3.84. The highest BCUT2D eigenvalue weighted by Crippen LogP contribution is 2.34. The van der Waals surface area contributed by atoms with Gasteiger partial charge in [0, 0.05) is 21.7 Å². The van der Waals surface area contributed by atoms with Gasteiger partial charge in [0.05, 0.1) is 10.4 Å². The van der Waals surface area contributed by atoms with Crippen LogP contribution in [0.5, 0.6) is 0 Å². The first-order valence-electron chi connectivity index (χ1n) is 6.70.